The first-order chi connectivity index (χ1) is 10.7. The minimum absolute atomic E-state index is 0.359. The van der Waals surface area contributed by atoms with E-state index in [1.807, 2.05) is 32.0 Å². The van der Waals surface area contributed by atoms with Crippen LogP contribution in [0.4, 0.5) is 21.9 Å². The van der Waals surface area contributed by atoms with E-state index in [-0.39, 0.29) is 6.03 Å². The summed E-state index contributed by atoms with van der Waals surface area (Å²) in [4.78, 5) is 12.0. The van der Waals surface area contributed by atoms with Crippen LogP contribution in [0, 0.1) is 13.8 Å². The van der Waals surface area contributed by atoms with Crippen LogP contribution >= 0.6 is 0 Å². The van der Waals surface area contributed by atoms with Crippen LogP contribution in [0.25, 0.3) is 0 Å². The maximum atomic E-state index is 12.0. The normalized spacial score (nSPS) is 10.9. The number of nitrogens with one attached hydrogen (secondary N) is 3. The van der Waals surface area contributed by atoms with Crippen LogP contribution in [0.5, 0.6) is 0 Å². The van der Waals surface area contributed by atoms with Gasteiger partial charge in [-0.1, -0.05) is 12.1 Å². The molecule has 0 saturated carbocycles. The highest BCUT2D eigenvalue weighted by Gasteiger charge is 2.06. The Morgan fingerprint density at radius 2 is 1.52 bits per heavy atom. The van der Waals surface area contributed by atoms with Crippen LogP contribution in [-0.2, 0) is 10.0 Å². The Morgan fingerprint density at radius 3 is 2.13 bits per heavy atom. The Labute approximate surface area is 136 Å². The predicted octanol–water partition coefficient (Wildman–Crippen LogP) is 3.32. The number of aryl methyl sites for hydroxylation is 2. The van der Waals surface area contributed by atoms with Gasteiger partial charge in [-0.2, -0.15) is 0 Å². The number of anilines is 3. The molecule has 122 valence electrons. The third-order valence-electron chi connectivity index (χ3n) is 3.09. The first-order valence-corrected chi connectivity index (χ1v) is 8.85. The number of hydrogen-bond donors (Lipinski definition) is 3. The smallest absolute Gasteiger partial charge is 0.308 e. The highest BCUT2D eigenvalue weighted by Crippen LogP contribution is 2.18. The second-order valence-electron chi connectivity index (χ2n) is 5.35. The molecule has 0 aliphatic carbocycles. The van der Waals surface area contributed by atoms with E-state index >= 15 is 0 Å². The van der Waals surface area contributed by atoms with E-state index in [0.29, 0.717) is 11.4 Å². The second-order valence-corrected chi connectivity index (χ2v) is 7.10. The fourth-order valence-corrected chi connectivity index (χ4v) is 2.56. The van der Waals surface area contributed by atoms with Gasteiger partial charge in [-0.3, -0.25) is 4.72 Å². The SMILES string of the molecule is Cc1ccc(C)c(NC(=O)Nc2ccc(NS(C)(=O)=O)cc2)c1. The molecule has 6 nitrogen and oxygen atoms in total. The summed E-state index contributed by atoms with van der Waals surface area (Å²) in [5.74, 6) is 0. The standard InChI is InChI=1S/C16H19N3O3S/c1-11-4-5-12(2)15(10-11)18-16(20)17-13-6-8-14(9-7-13)19-23(3,21)22/h4-10,19H,1-3H3,(H2,17,18,20). The number of benzene rings is 2. The maximum absolute atomic E-state index is 12.0. The van der Waals surface area contributed by atoms with E-state index < -0.39 is 10.0 Å². The molecule has 2 aromatic carbocycles. The fourth-order valence-electron chi connectivity index (χ4n) is 1.99. The number of amides is 2. The number of carbonyl (C=O) groups is 1. The van der Waals surface area contributed by atoms with Crippen LogP contribution in [0.15, 0.2) is 42.5 Å². The highest BCUT2D eigenvalue weighted by atomic mass is 32.2. The van der Waals surface area contributed by atoms with Gasteiger partial charge in [-0.15, -0.1) is 0 Å². The molecule has 0 atom stereocenters. The fraction of sp³-hybridized carbons (Fsp3) is 0.188. The number of sulfonamides is 1. The number of carbonyl (C=O) groups excluding carboxylic acids is 1. The van der Waals surface area contributed by atoms with Crippen LogP contribution in [0.1, 0.15) is 11.1 Å². The number of hydrogen-bond acceptors (Lipinski definition) is 3. The van der Waals surface area contributed by atoms with Gasteiger partial charge in [-0.25, -0.2) is 13.2 Å². The molecule has 23 heavy (non-hydrogen) atoms. The van der Waals surface area contributed by atoms with E-state index in [1.165, 1.54) is 0 Å². The van der Waals surface area contributed by atoms with E-state index in [4.69, 9.17) is 0 Å². The molecular formula is C16H19N3O3S. The molecule has 3 N–H and O–H groups in total. The molecule has 0 unspecified atom stereocenters. The van der Waals surface area contributed by atoms with E-state index in [1.54, 1.807) is 24.3 Å². The van der Waals surface area contributed by atoms with Crippen molar-refractivity contribution in [3.63, 3.8) is 0 Å². The molecule has 2 aromatic rings. The van der Waals surface area contributed by atoms with Gasteiger partial charge in [0, 0.05) is 17.1 Å². The average Bonchev–Trinajstić information content (AvgIpc) is 2.43. The maximum Gasteiger partial charge on any atom is 0.323 e. The first-order valence-electron chi connectivity index (χ1n) is 6.96. The topological polar surface area (TPSA) is 87.3 Å². The van der Waals surface area contributed by atoms with Crippen molar-refractivity contribution in [3.05, 3.63) is 53.6 Å². The third-order valence-corrected chi connectivity index (χ3v) is 3.69. The molecule has 0 aliphatic heterocycles. The molecule has 0 aliphatic rings. The Bertz CT molecular complexity index is 815. The summed E-state index contributed by atoms with van der Waals surface area (Å²) in [6, 6.07) is 11.9. The molecule has 0 fully saturated rings. The Morgan fingerprint density at radius 1 is 0.913 bits per heavy atom. The lowest BCUT2D eigenvalue weighted by molar-refractivity contribution is 0.262. The second kappa shape index (κ2) is 6.70. The van der Waals surface area contributed by atoms with Crippen LogP contribution < -0.4 is 15.4 Å². The van der Waals surface area contributed by atoms with Crippen molar-refractivity contribution in [2.45, 2.75) is 13.8 Å². The third kappa shape index (κ3) is 5.30. The highest BCUT2D eigenvalue weighted by molar-refractivity contribution is 7.92. The summed E-state index contributed by atoms with van der Waals surface area (Å²) in [5.41, 5.74) is 3.78. The van der Waals surface area contributed by atoms with Gasteiger partial charge in [0.15, 0.2) is 0 Å². The van der Waals surface area contributed by atoms with Gasteiger partial charge in [0.25, 0.3) is 0 Å². The largest absolute Gasteiger partial charge is 0.323 e. The zero-order valence-electron chi connectivity index (χ0n) is 13.2. The van der Waals surface area contributed by atoms with E-state index in [2.05, 4.69) is 15.4 Å². The van der Waals surface area contributed by atoms with Gasteiger partial charge in [0.1, 0.15) is 0 Å². The summed E-state index contributed by atoms with van der Waals surface area (Å²) in [6.07, 6.45) is 1.08. The molecule has 2 amide bonds. The summed E-state index contributed by atoms with van der Waals surface area (Å²) in [5, 5.41) is 5.49. The van der Waals surface area contributed by atoms with Crippen molar-refractivity contribution in [2.24, 2.45) is 0 Å². The molecule has 0 saturated heterocycles. The lowest BCUT2D eigenvalue weighted by Gasteiger charge is -2.11. The number of rotatable bonds is 4. The molecular weight excluding hydrogens is 314 g/mol. The molecule has 0 aromatic heterocycles. The molecule has 7 heteroatoms. The quantitative estimate of drug-likeness (QED) is 0.802. The van der Waals surface area contributed by atoms with Gasteiger partial charge >= 0.3 is 6.03 Å². The van der Waals surface area contributed by atoms with Crippen LogP contribution in [0.2, 0.25) is 0 Å². The van der Waals surface area contributed by atoms with Gasteiger partial charge in [-0.05, 0) is 55.3 Å². The van der Waals surface area contributed by atoms with Crippen LogP contribution in [-0.4, -0.2) is 20.7 Å². The zero-order chi connectivity index (χ0) is 17.0. The zero-order valence-corrected chi connectivity index (χ0v) is 14.0. The minimum atomic E-state index is -3.31. The van der Waals surface area contributed by atoms with Crippen molar-refractivity contribution >= 4 is 33.1 Å². The molecule has 0 bridgehead atoms. The van der Waals surface area contributed by atoms with Crippen molar-refractivity contribution in [2.75, 3.05) is 21.6 Å². The molecule has 0 spiro atoms. The molecule has 0 radical (unpaired) electrons. The van der Waals surface area contributed by atoms with Crippen molar-refractivity contribution < 1.29 is 13.2 Å². The minimum Gasteiger partial charge on any atom is -0.308 e. The monoisotopic (exact) mass is 333 g/mol. The van der Waals surface area contributed by atoms with Crippen molar-refractivity contribution in [1.29, 1.82) is 0 Å². The summed E-state index contributed by atoms with van der Waals surface area (Å²) in [6.45, 7) is 3.87. The predicted molar refractivity (Wildman–Crippen MR) is 93.5 cm³/mol. The Hall–Kier alpha value is -2.54. The van der Waals surface area contributed by atoms with Crippen molar-refractivity contribution in [3.8, 4) is 0 Å². The molecule has 2 rings (SSSR count). The summed E-state index contributed by atoms with van der Waals surface area (Å²) >= 11 is 0. The van der Waals surface area contributed by atoms with E-state index in [9.17, 15) is 13.2 Å². The summed E-state index contributed by atoms with van der Waals surface area (Å²) < 4.78 is 24.6. The lowest BCUT2D eigenvalue weighted by atomic mass is 10.1. The van der Waals surface area contributed by atoms with Gasteiger partial charge < -0.3 is 10.6 Å². The van der Waals surface area contributed by atoms with Crippen molar-refractivity contribution in [1.82, 2.24) is 0 Å². The lowest BCUT2D eigenvalue weighted by Crippen LogP contribution is -2.20. The van der Waals surface area contributed by atoms with Crippen LogP contribution in [0.3, 0.4) is 0 Å². The molecule has 0 heterocycles. The van der Waals surface area contributed by atoms with E-state index in [0.717, 1.165) is 23.1 Å². The Kier molecular flexibility index (Phi) is 4.90. The first kappa shape index (κ1) is 16.8. The Balaban J connectivity index is 2.01. The average molecular weight is 333 g/mol. The number of urea groups is 1. The van der Waals surface area contributed by atoms with Gasteiger partial charge in [0.05, 0.1) is 6.26 Å². The summed E-state index contributed by atoms with van der Waals surface area (Å²) in [7, 11) is -3.31. The van der Waals surface area contributed by atoms with Gasteiger partial charge in [0.2, 0.25) is 10.0 Å².